The molecule has 4 N–H and O–H groups in total. The van der Waals surface area contributed by atoms with Crippen LogP contribution in [0, 0.1) is 5.82 Å². The van der Waals surface area contributed by atoms with Crippen LogP contribution in [0.4, 0.5) is 10.3 Å². The number of halogens is 2. The van der Waals surface area contributed by atoms with Crippen LogP contribution >= 0.6 is 11.6 Å². The van der Waals surface area contributed by atoms with E-state index in [1.165, 1.54) is 12.1 Å². The van der Waals surface area contributed by atoms with Gasteiger partial charge in [-0.15, -0.1) is 10.2 Å². The van der Waals surface area contributed by atoms with Gasteiger partial charge in [0.25, 0.3) is 0 Å². The van der Waals surface area contributed by atoms with Gasteiger partial charge in [0.05, 0.1) is 10.6 Å². The van der Waals surface area contributed by atoms with Crippen molar-refractivity contribution >= 4 is 17.5 Å². The Kier molecular flexibility index (Phi) is 2.20. The normalized spacial score (nSPS) is 10.5. The Morgan fingerprint density at radius 3 is 2.67 bits per heavy atom. The minimum atomic E-state index is -0.599. The molecule has 0 saturated heterocycles. The lowest BCUT2D eigenvalue weighted by molar-refractivity contribution is 0.629. The molecule has 0 radical (unpaired) electrons. The van der Waals surface area contributed by atoms with E-state index in [9.17, 15) is 4.39 Å². The first-order chi connectivity index (χ1) is 7.11. The molecule has 15 heavy (non-hydrogen) atoms. The molecular weight excluding hydrogens is 221 g/mol. The van der Waals surface area contributed by atoms with Crippen molar-refractivity contribution in [3.8, 4) is 11.4 Å². The van der Waals surface area contributed by atoms with Crippen LogP contribution in [0.1, 0.15) is 0 Å². The van der Waals surface area contributed by atoms with Gasteiger partial charge in [-0.05, 0) is 12.1 Å². The maximum absolute atomic E-state index is 13.6. The van der Waals surface area contributed by atoms with Crippen LogP contribution in [0.25, 0.3) is 11.4 Å². The summed E-state index contributed by atoms with van der Waals surface area (Å²) in [4.78, 5) is 0. The van der Waals surface area contributed by atoms with Crippen molar-refractivity contribution in [2.24, 2.45) is 0 Å². The lowest BCUT2D eigenvalue weighted by Crippen LogP contribution is -2.13. The van der Waals surface area contributed by atoms with Gasteiger partial charge in [0.2, 0.25) is 5.95 Å². The molecule has 0 atom stereocenters. The van der Waals surface area contributed by atoms with Crippen LogP contribution in [-0.2, 0) is 0 Å². The molecule has 0 saturated carbocycles. The summed E-state index contributed by atoms with van der Waals surface area (Å²) >= 11 is 5.62. The second kappa shape index (κ2) is 3.39. The molecule has 2 aromatic rings. The fourth-order valence-corrected chi connectivity index (χ4v) is 1.34. The lowest BCUT2D eigenvalue weighted by Gasteiger charge is -2.03. The molecule has 0 bridgehead atoms. The van der Waals surface area contributed by atoms with Crippen molar-refractivity contribution in [1.29, 1.82) is 0 Å². The molecule has 0 aliphatic rings. The summed E-state index contributed by atoms with van der Waals surface area (Å²) in [5.41, 5.74) is 5.54. The van der Waals surface area contributed by atoms with Gasteiger partial charge in [0.1, 0.15) is 0 Å². The molecule has 78 valence electrons. The van der Waals surface area contributed by atoms with Crippen LogP contribution < -0.4 is 11.6 Å². The zero-order chi connectivity index (χ0) is 11.0. The molecule has 0 amide bonds. The van der Waals surface area contributed by atoms with Crippen LogP contribution in [0.3, 0.4) is 0 Å². The topological polar surface area (TPSA) is 82.8 Å². The van der Waals surface area contributed by atoms with Gasteiger partial charge in [-0.25, -0.2) is 9.07 Å². The van der Waals surface area contributed by atoms with Crippen molar-refractivity contribution in [2.75, 3.05) is 11.6 Å². The Balaban J connectivity index is 2.64. The van der Waals surface area contributed by atoms with Gasteiger partial charge in [-0.2, -0.15) is 0 Å². The Bertz CT molecular complexity index is 510. The molecule has 1 aromatic heterocycles. The highest BCUT2D eigenvalue weighted by Crippen LogP contribution is 2.25. The molecule has 0 spiro atoms. The Hall–Kier alpha value is -1.82. The number of hydrogen-bond acceptors (Lipinski definition) is 4. The predicted octanol–water partition coefficient (Wildman–Crippen LogP) is 1.03. The summed E-state index contributed by atoms with van der Waals surface area (Å²) < 4.78 is 14.6. The van der Waals surface area contributed by atoms with Gasteiger partial charge in [0.15, 0.2) is 11.6 Å². The Morgan fingerprint density at radius 2 is 2.07 bits per heavy atom. The number of nitrogen functional groups attached to an aromatic ring is 2. The molecule has 5 nitrogen and oxygen atoms in total. The van der Waals surface area contributed by atoms with Gasteiger partial charge in [0, 0.05) is 0 Å². The first-order valence-corrected chi connectivity index (χ1v) is 4.39. The van der Waals surface area contributed by atoms with E-state index in [-0.39, 0.29) is 22.4 Å². The summed E-state index contributed by atoms with van der Waals surface area (Å²) in [5.74, 6) is 5.05. The third kappa shape index (κ3) is 1.48. The minimum absolute atomic E-state index is 0.00405. The quantitative estimate of drug-likeness (QED) is 0.713. The summed E-state index contributed by atoms with van der Waals surface area (Å²) in [6.45, 7) is 0. The van der Waals surface area contributed by atoms with E-state index in [2.05, 4.69) is 10.2 Å². The molecule has 2 rings (SSSR count). The maximum atomic E-state index is 13.6. The molecule has 0 aliphatic carbocycles. The van der Waals surface area contributed by atoms with Gasteiger partial charge >= 0.3 is 0 Å². The fourth-order valence-electron chi connectivity index (χ4n) is 1.16. The van der Waals surface area contributed by atoms with E-state index in [1.807, 2.05) is 0 Å². The number of anilines is 1. The largest absolute Gasteiger partial charge is 0.366 e. The zero-order valence-corrected chi connectivity index (χ0v) is 8.24. The number of hydrogen-bond donors (Lipinski definition) is 2. The molecule has 0 aliphatic heterocycles. The average molecular weight is 228 g/mol. The highest BCUT2D eigenvalue weighted by molar-refractivity contribution is 6.31. The molecule has 0 fully saturated rings. The number of aromatic nitrogens is 3. The minimum Gasteiger partial charge on any atom is -0.366 e. The van der Waals surface area contributed by atoms with E-state index < -0.39 is 5.82 Å². The van der Waals surface area contributed by atoms with E-state index in [0.717, 1.165) is 4.68 Å². The smallest absolute Gasteiger partial charge is 0.241 e. The second-order valence-electron chi connectivity index (χ2n) is 2.85. The van der Waals surface area contributed by atoms with E-state index in [1.54, 1.807) is 6.07 Å². The SMILES string of the molecule is Nc1nnc(-c2cccc(Cl)c2F)n1N. The number of benzene rings is 1. The first-order valence-electron chi connectivity index (χ1n) is 4.01. The number of nitrogens with zero attached hydrogens (tertiary/aromatic N) is 3. The molecular formula is C8H7ClFN5. The fraction of sp³-hybridized carbons (Fsp3) is 0. The monoisotopic (exact) mass is 227 g/mol. The maximum Gasteiger partial charge on any atom is 0.241 e. The third-order valence-electron chi connectivity index (χ3n) is 1.91. The average Bonchev–Trinajstić information content (AvgIpc) is 2.53. The highest BCUT2D eigenvalue weighted by Gasteiger charge is 2.15. The lowest BCUT2D eigenvalue weighted by atomic mass is 10.2. The number of nitrogens with two attached hydrogens (primary N) is 2. The summed E-state index contributed by atoms with van der Waals surface area (Å²) in [5, 5.41) is 7.17. The van der Waals surface area contributed by atoms with E-state index in [0.29, 0.717) is 0 Å². The second-order valence-corrected chi connectivity index (χ2v) is 3.26. The molecule has 1 aromatic carbocycles. The van der Waals surface area contributed by atoms with Crippen LogP contribution in [0.15, 0.2) is 18.2 Å². The number of rotatable bonds is 1. The van der Waals surface area contributed by atoms with E-state index in [4.69, 9.17) is 23.2 Å². The zero-order valence-electron chi connectivity index (χ0n) is 7.48. The summed E-state index contributed by atoms with van der Waals surface area (Å²) in [6.07, 6.45) is 0. The highest BCUT2D eigenvalue weighted by atomic mass is 35.5. The van der Waals surface area contributed by atoms with Crippen LogP contribution in [-0.4, -0.2) is 14.9 Å². The predicted molar refractivity (Wildman–Crippen MR) is 55.0 cm³/mol. The van der Waals surface area contributed by atoms with Crippen molar-refractivity contribution in [3.63, 3.8) is 0 Å². The first kappa shape index (κ1) is 9.72. The molecule has 1 heterocycles. The van der Waals surface area contributed by atoms with Crippen molar-refractivity contribution in [3.05, 3.63) is 29.0 Å². The van der Waals surface area contributed by atoms with E-state index >= 15 is 0 Å². The van der Waals surface area contributed by atoms with Crippen molar-refractivity contribution in [1.82, 2.24) is 14.9 Å². The van der Waals surface area contributed by atoms with Crippen molar-refractivity contribution < 1.29 is 4.39 Å². The van der Waals surface area contributed by atoms with Crippen LogP contribution in [0.5, 0.6) is 0 Å². The third-order valence-corrected chi connectivity index (χ3v) is 2.21. The van der Waals surface area contributed by atoms with Gasteiger partial charge < -0.3 is 11.6 Å². The Morgan fingerprint density at radius 1 is 1.33 bits per heavy atom. The van der Waals surface area contributed by atoms with Crippen LogP contribution in [0.2, 0.25) is 5.02 Å². The van der Waals surface area contributed by atoms with Gasteiger partial charge in [-0.1, -0.05) is 17.7 Å². The molecule has 7 heteroatoms. The standard InChI is InChI=1S/C8H7ClFN5/c9-5-3-1-2-4(6(5)10)7-13-14-8(11)15(7)12/h1-3H,12H2,(H2,11,14). The summed E-state index contributed by atoms with van der Waals surface area (Å²) in [6, 6.07) is 4.51. The van der Waals surface area contributed by atoms with Crippen molar-refractivity contribution in [2.45, 2.75) is 0 Å². The molecule has 0 unspecified atom stereocenters. The Labute approximate surface area is 89.4 Å². The summed E-state index contributed by atoms with van der Waals surface area (Å²) in [7, 11) is 0. The van der Waals surface area contributed by atoms with Gasteiger partial charge in [-0.3, -0.25) is 0 Å².